The first-order chi connectivity index (χ1) is 14.1. The van der Waals surface area contributed by atoms with Crippen LogP contribution in [0.2, 0.25) is 0 Å². The van der Waals surface area contributed by atoms with Gasteiger partial charge in [0.2, 0.25) is 0 Å². The number of hydrogen-bond donors (Lipinski definition) is 0. The Balaban J connectivity index is 1.51. The normalized spacial score (nSPS) is 16.1. The van der Waals surface area contributed by atoms with Gasteiger partial charge in [-0.05, 0) is 54.3 Å². The van der Waals surface area contributed by atoms with Crippen molar-refractivity contribution in [2.45, 2.75) is 18.8 Å². The first kappa shape index (κ1) is 17.5. The molecule has 0 radical (unpaired) electrons. The third-order valence-corrected chi connectivity index (χ3v) is 5.27. The summed E-state index contributed by atoms with van der Waals surface area (Å²) in [6, 6.07) is 13.8. The number of fused-ring (bicyclic) bond motifs is 2. The molecule has 5 rings (SSSR count). The van der Waals surface area contributed by atoms with Gasteiger partial charge in [0.1, 0.15) is 11.6 Å². The molecule has 0 fully saturated rings. The standard InChI is InChI=1S/C22H17FN4O2/c1-29-17-8-4-13(5-9-17)15-10-19-18(20(28)11-15)12-27-22(24-19)25-21(26-27)14-2-6-16(23)7-3-14/h2-9,12,15H,10-11H2,1H3/t15-/m0/s1. The number of hydrogen-bond acceptors (Lipinski definition) is 5. The van der Waals surface area contributed by atoms with Gasteiger partial charge in [-0.25, -0.2) is 13.9 Å². The number of aromatic nitrogens is 4. The summed E-state index contributed by atoms with van der Waals surface area (Å²) in [5.41, 5.74) is 3.09. The maximum atomic E-state index is 13.2. The summed E-state index contributed by atoms with van der Waals surface area (Å²) >= 11 is 0. The minimum absolute atomic E-state index is 0.0419. The quantitative estimate of drug-likeness (QED) is 0.533. The van der Waals surface area contributed by atoms with E-state index in [0.717, 1.165) is 17.0 Å². The van der Waals surface area contributed by atoms with Crippen LogP contribution >= 0.6 is 0 Å². The summed E-state index contributed by atoms with van der Waals surface area (Å²) in [6.07, 6.45) is 2.78. The predicted octanol–water partition coefficient (Wildman–Crippen LogP) is 3.85. The molecule has 4 aromatic rings. The van der Waals surface area contributed by atoms with E-state index in [0.29, 0.717) is 35.6 Å². The van der Waals surface area contributed by atoms with E-state index in [1.54, 1.807) is 25.4 Å². The van der Waals surface area contributed by atoms with Gasteiger partial charge in [0.15, 0.2) is 11.6 Å². The van der Waals surface area contributed by atoms with Crippen LogP contribution in [0, 0.1) is 5.82 Å². The highest BCUT2D eigenvalue weighted by Crippen LogP contribution is 2.33. The fraction of sp³-hybridized carbons (Fsp3) is 0.182. The predicted molar refractivity (Wildman–Crippen MR) is 105 cm³/mol. The number of methoxy groups -OCH3 is 1. The van der Waals surface area contributed by atoms with Gasteiger partial charge in [-0.3, -0.25) is 4.79 Å². The largest absolute Gasteiger partial charge is 0.497 e. The SMILES string of the molecule is COc1ccc([C@@H]2CC(=O)c3cn4nc(-c5ccc(F)cc5)nc4nc3C2)cc1. The van der Waals surface area contributed by atoms with E-state index in [9.17, 15) is 9.18 Å². The summed E-state index contributed by atoms with van der Waals surface area (Å²) in [7, 11) is 1.63. The van der Waals surface area contributed by atoms with Crippen molar-refractivity contribution >= 4 is 11.6 Å². The number of rotatable bonds is 3. The Morgan fingerprint density at radius 2 is 1.79 bits per heavy atom. The van der Waals surface area contributed by atoms with Crippen LogP contribution in [0.15, 0.2) is 54.7 Å². The lowest BCUT2D eigenvalue weighted by atomic mass is 9.82. The summed E-state index contributed by atoms with van der Waals surface area (Å²) in [5.74, 6) is 1.44. The molecular formula is C22H17FN4O2. The molecule has 0 spiro atoms. The highest BCUT2D eigenvalue weighted by molar-refractivity contribution is 5.98. The van der Waals surface area contributed by atoms with Gasteiger partial charge < -0.3 is 4.74 Å². The van der Waals surface area contributed by atoms with Crippen LogP contribution < -0.4 is 4.74 Å². The van der Waals surface area contributed by atoms with Crippen molar-refractivity contribution in [2.24, 2.45) is 0 Å². The van der Waals surface area contributed by atoms with Crippen molar-refractivity contribution in [3.8, 4) is 17.1 Å². The monoisotopic (exact) mass is 388 g/mol. The van der Waals surface area contributed by atoms with Crippen molar-refractivity contribution in [3.63, 3.8) is 0 Å². The fourth-order valence-electron chi connectivity index (χ4n) is 3.72. The van der Waals surface area contributed by atoms with E-state index >= 15 is 0 Å². The highest BCUT2D eigenvalue weighted by Gasteiger charge is 2.28. The van der Waals surface area contributed by atoms with Crippen LogP contribution in [-0.2, 0) is 6.42 Å². The molecule has 144 valence electrons. The van der Waals surface area contributed by atoms with Gasteiger partial charge >= 0.3 is 0 Å². The highest BCUT2D eigenvalue weighted by atomic mass is 19.1. The molecule has 0 saturated carbocycles. The minimum atomic E-state index is -0.318. The molecule has 0 bridgehead atoms. The zero-order chi connectivity index (χ0) is 20.0. The van der Waals surface area contributed by atoms with Gasteiger partial charge in [-0.1, -0.05) is 12.1 Å². The van der Waals surface area contributed by atoms with Crippen molar-refractivity contribution < 1.29 is 13.9 Å². The lowest BCUT2D eigenvalue weighted by Crippen LogP contribution is -2.21. The van der Waals surface area contributed by atoms with Crippen molar-refractivity contribution in [3.05, 3.63) is 77.4 Å². The summed E-state index contributed by atoms with van der Waals surface area (Å²) < 4.78 is 19.9. The first-order valence-corrected chi connectivity index (χ1v) is 9.30. The van der Waals surface area contributed by atoms with Crippen LogP contribution in [-0.4, -0.2) is 32.5 Å². The van der Waals surface area contributed by atoms with Gasteiger partial charge in [0.05, 0.1) is 18.4 Å². The zero-order valence-electron chi connectivity index (χ0n) is 15.7. The van der Waals surface area contributed by atoms with Crippen LogP contribution in [0.25, 0.3) is 17.2 Å². The van der Waals surface area contributed by atoms with Crippen molar-refractivity contribution in [1.29, 1.82) is 0 Å². The second kappa shape index (κ2) is 6.77. The number of benzene rings is 2. The second-order valence-electron chi connectivity index (χ2n) is 7.09. The molecule has 0 amide bonds. The third kappa shape index (κ3) is 3.14. The van der Waals surface area contributed by atoms with E-state index in [-0.39, 0.29) is 17.5 Å². The molecule has 1 aliphatic carbocycles. The number of halogens is 1. The molecular weight excluding hydrogens is 371 g/mol. The number of carbonyl (C=O) groups excluding carboxylic acids is 1. The van der Waals surface area contributed by atoms with Crippen LogP contribution in [0.1, 0.15) is 34.0 Å². The average molecular weight is 388 g/mol. The minimum Gasteiger partial charge on any atom is -0.497 e. The van der Waals surface area contributed by atoms with Gasteiger partial charge in [-0.15, -0.1) is 5.10 Å². The molecule has 1 aliphatic rings. The molecule has 2 heterocycles. The van der Waals surface area contributed by atoms with E-state index < -0.39 is 0 Å². The van der Waals surface area contributed by atoms with Crippen LogP contribution in [0.5, 0.6) is 5.75 Å². The maximum Gasteiger partial charge on any atom is 0.252 e. The van der Waals surface area contributed by atoms with E-state index in [4.69, 9.17) is 4.74 Å². The lowest BCUT2D eigenvalue weighted by molar-refractivity contribution is 0.0962. The summed E-state index contributed by atoms with van der Waals surface area (Å²) in [4.78, 5) is 21.8. The number of Topliss-reactive ketones (excluding diaryl/α,β-unsaturated/α-hetero) is 1. The molecule has 0 saturated heterocycles. The Hall–Kier alpha value is -3.61. The maximum absolute atomic E-state index is 13.2. The number of ketones is 1. The average Bonchev–Trinajstić information content (AvgIpc) is 3.16. The topological polar surface area (TPSA) is 69.4 Å². The fourth-order valence-corrected chi connectivity index (χ4v) is 3.72. The Morgan fingerprint density at radius 1 is 1.03 bits per heavy atom. The lowest BCUT2D eigenvalue weighted by Gasteiger charge is -2.23. The molecule has 7 heteroatoms. The number of carbonyl (C=O) groups is 1. The second-order valence-corrected chi connectivity index (χ2v) is 7.09. The molecule has 1 atom stereocenters. The molecule has 0 unspecified atom stereocenters. The molecule has 2 aromatic heterocycles. The van der Waals surface area contributed by atoms with Crippen molar-refractivity contribution in [2.75, 3.05) is 7.11 Å². The van der Waals surface area contributed by atoms with Crippen molar-refractivity contribution in [1.82, 2.24) is 19.6 Å². The Morgan fingerprint density at radius 3 is 2.52 bits per heavy atom. The van der Waals surface area contributed by atoms with E-state index in [2.05, 4.69) is 15.1 Å². The van der Waals surface area contributed by atoms with Gasteiger partial charge in [-0.2, -0.15) is 4.98 Å². The van der Waals surface area contributed by atoms with Crippen LogP contribution in [0.3, 0.4) is 0 Å². The van der Waals surface area contributed by atoms with Crippen LogP contribution in [0.4, 0.5) is 4.39 Å². The molecule has 29 heavy (non-hydrogen) atoms. The smallest absolute Gasteiger partial charge is 0.252 e. The third-order valence-electron chi connectivity index (χ3n) is 5.27. The zero-order valence-corrected chi connectivity index (χ0v) is 15.7. The summed E-state index contributed by atoms with van der Waals surface area (Å²) in [5, 5.41) is 4.41. The van der Waals surface area contributed by atoms with Gasteiger partial charge in [0.25, 0.3) is 5.78 Å². The molecule has 2 aromatic carbocycles. The summed E-state index contributed by atoms with van der Waals surface area (Å²) in [6.45, 7) is 0. The molecule has 0 aliphatic heterocycles. The molecule has 6 nitrogen and oxygen atoms in total. The van der Waals surface area contributed by atoms with E-state index in [1.807, 2.05) is 24.3 Å². The number of ether oxygens (including phenoxy) is 1. The number of nitrogens with zero attached hydrogens (tertiary/aromatic N) is 4. The molecule has 0 N–H and O–H groups in total. The van der Waals surface area contributed by atoms with E-state index in [1.165, 1.54) is 16.6 Å². The van der Waals surface area contributed by atoms with Gasteiger partial charge in [0, 0.05) is 18.2 Å². The first-order valence-electron chi connectivity index (χ1n) is 9.30. The Labute approximate surface area is 166 Å². The Kier molecular flexibility index (Phi) is 4.08. The Bertz CT molecular complexity index is 1220.